The second-order valence-corrected chi connectivity index (χ2v) is 2.70. The molecule has 0 aliphatic heterocycles. The molecule has 76 valence electrons. The quantitative estimate of drug-likeness (QED) is 0.715. The molecule has 1 rings (SSSR count). The van der Waals surface area contributed by atoms with Gasteiger partial charge in [0.2, 0.25) is 0 Å². The first-order valence-electron chi connectivity index (χ1n) is 3.85. The standard InChI is InChI=1S/C10H9F3O/c1-7(10(11,12)13)8-3-5-9(14-2)6-4-8/h3-6H,1H2,2H3. The number of benzene rings is 1. The smallest absolute Gasteiger partial charge is 0.416 e. The van der Waals surface area contributed by atoms with Crippen LogP contribution in [0.1, 0.15) is 5.56 Å². The van der Waals surface area contributed by atoms with E-state index in [1.165, 1.54) is 31.4 Å². The van der Waals surface area contributed by atoms with Crippen molar-refractivity contribution in [2.75, 3.05) is 7.11 Å². The molecule has 1 aromatic rings. The Morgan fingerprint density at radius 1 is 1.21 bits per heavy atom. The molecule has 0 fully saturated rings. The molecule has 14 heavy (non-hydrogen) atoms. The van der Waals surface area contributed by atoms with E-state index in [1.54, 1.807) is 0 Å². The summed E-state index contributed by atoms with van der Waals surface area (Å²) >= 11 is 0. The van der Waals surface area contributed by atoms with Crippen molar-refractivity contribution < 1.29 is 17.9 Å². The van der Waals surface area contributed by atoms with Crippen LogP contribution in [0.15, 0.2) is 30.8 Å². The Morgan fingerprint density at radius 3 is 2.07 bits per heavy atom. The molecule has 4 heteroatoms. The van der Waals surface area contributed by atoms with Crippen LogP contribution in [-0.2, 0) is 0 Å². The fourth-order valence-electron chi connectivity index (χ4n) is 0.956. The third-order valence-corrected chi connectivity index (χ3v) is 1.78. The highest BCUT2D eigenvalue weighted by Crippen LogP contribution is 2.32. The Bertz CT molecular complexity index is 324. The van der Waals surface area contributed by atoms with Gasteiger partial charge < -0.3 is 4.74 Å². The molecule has 0 amide bonds. The Kier molecular flexibility index (Phi) is 2.84. The largest absolute Gasteiger partial charge is 0.497 e. The molecule has 0 radical (unpaired) electrons. The average molecular weight is 202 g/mol. The fraction of sp³-hybridized carbons (Fsp3) is 0.200. The molecule has 1 aromatic carbocycles. The molecule has 0 saturated heterocycles. The first kappa shape index (κ1) is 10.6. The van der Waals surface area contributed by atoms with Crippen molar-refractivity contribution in [3.63, 3.8) is 0 Å². The predicted octanol–water partition coefficient (Wildman–Crippen LogP) is 3.27. The van der Waals surface area contributed by atoms with Gasteiger partial charge in [0.1, 0.15) is 5.75 Å². The monoisotopic (exact) mass is 202 g/mol. The number of methoxy groups -OCH3 is 1. The summed E-state index contributed by atoms with van der Waals surface area (Å²) in [6.45, 7) is 2.99. The topological polar surface area (TPSA) is 9.23 Å². The molecular formula is C10H9F3O. The first-order valence-corrected chi connectivity index (χ1v) is 3.85. The minimum atomic E-state index is -4.38. The molecule has 0 bridgehead atoms. The zero-order chi connectivity index (χ0) is 10.8. The maximum atomic E-state index is 12.2. The summed E-state index contributed by atoms with van der Waals surface area (Å²) < 4.78 is 41.4. The number of alkyl halides is 3. The van der Waals surface area contributed by atoms with E-state index in [-0.39, 0.29) is 5.56 Å². The summed E-state index contributed by atoms with van der Waals surface area (Å²) in [6, 6.07) is 5.59. The summed E-state index contributed by atoms with van der Waals surface area (Å²) in [5.74, 6) is 0.517. The lowest BCUT2D eigenvalue weighted by Crippen LogP contribution is -2.09. The third kappa shape index (κ3) is 2.28. The van der Waals surface area contributed by atoms with Crippen molar-refractivity contribution in [2.24, 2.45) is 0 Å². The maximum Gasteiger partial charge on any atom is 0.416 e. The molecule has 0 saturated carbocycles. The van der Waals surface area contributed by atoms with Gasteiger partial charge in [-0.1, -0.05) is 18.7 Å². The van der Waals surface area contributed by atoms with Crippen molar-refractivity contribution in [1.82, 2.24) is 0 Å². The van der Waals surface area contributed by atoms with Gasteiger partial charge in [-0.2, -0.15) is 13.2 Å². The SMILES string of the molecule is C=C(c1ccc(OC)cc1)C(F)(F)F. The van der Waals surface area contributed by atoms with Crippen LogP contribution in [0, 0.1) is 0 Å². The number of ether oxygens (including phenoxy) is 1. The zero-order valence-corrected chi connectivity index (χ0v) is 7.56. The van der Waals surface area contributed by atoms with E-state index in [0.717, 1.165) is 0 Å². The summed E-state index contributed by atoms with van der Waals surface area (Å²) in [5.41, 5.74) is -0.793. The van der Waals surface area contributed by atoms with E-state index in [2.05, 4.69) is 6.58 Å². The Balaban J connectivity index is 2.93. The van der Waals surface area contributed by atoms with Gasteiger partial charge in [0.15, 0.2) is 0 Å². The van der Waals surface area contributed by atoms with E-state index in [4.69, 9.17) is 4.74 Å². The normalized spacial score (nSPS) is 11.1. The molecule has 0 heterocycles. The number of rotatable bonds is 2. The molecule has 0 aromatic heterocycles. The summed E-state index contributed by atoms with van der Waals surface area (Å²) in [4.78, 5) is 0. The van der Waals surface area contributed by atoms with Gasteiger partial charge in [0.05, 0.1) is 12.7 Å². The minimum Gasteiger partial charge on any atom is -0.497 e. The molecule has 0 spiro atoms. The van der Waals surface area contributed by atoms with Crippen LogP contribution in [0.25, 0.3) is 5.57 Å². The summed E-state index contributed by atoms with van der Waals surface area (Å²) in [5, 5.41) is 0. The Labute approximate surface area is 79.8 Å². The van der Waals surface area contributed by atoms with Crippen LogP contribution in [0.2, 0.25) is 0 Å². The highest BCUT2D eigenvalue weighted by atomic mass is 19.4. The summed E-state index contributed by atoms with van der Waals surface area (Å²) in [6.07, 6.45) is -4.38. The van der Waals surface area contributed by atoms with Crippen LogP contribution in [0.3, 0.4) is 0 Å². The maximum absolute atomic E-state index is 12.2. The van der Waals surface area contributed by atoms with Crippen molar-refractivity contribution in [2.45, 2.75) is 6.18 Å². The average Bonchev–Trinajstić information content (AvgIpc) is 2.15. The molecule has 0 aliphatic carbocycles. The van der Waals surface area contributed by atoms with E-state index in [9.17, 15) is 13.2 Å². The van der Waals surface area contributed by atoms with Gasteiger partial charge in [-0.05, 0) is 17.7 Å². The van der Waals surface area contributed by atoms with Crippen LogP contribution >= 0.6 is 0 Å². The second kappa shape index (κ2) is 3.74. The molecular weight excluding hydrogens is 193 g/mol. The molecule has 0 aliphatic rings. The zero-order valence-electron chi connectivity index (χ0n) is 7.56. The lowest BCUT2D eigenvalue weighted by Gasteiger charge is -2.10. The predicted molar refractivity (Wildman–Crippen MR) is 48.1 cm³/mol. The Morgan fingerprint density at radius 2 is 1.71 bits per heavy atom. The highest BCUT2D eigenvalue weighted by molar-refractivity contribution is 5.67. The summed E-state index contributed by atoms with van der Waals surface area (Å²) in [7, 11) is 1.45. The number of halogens is 3. The van der Waals surface area contributed by atoms with Gasteiger partial charge in [-0.3, -0.25) is 0 Å². The van der Waals surface area contributed by atoms with Gasteiger partial charge in [0.25, 0.3) is 0 Å². The van der Waals surface area contributed by atoms with Crippen LogP contribution in [0.4, 0.5) is 13.2 Å². The lowest BCUT2D eigenvalue weighted by molar-refractivity contribution is -0.0686. The lowest BCUT2D eigenvalue weighted by atomic mass is 10.1. The van der Waals surface area contributed by atoms with E-state index in [0.29, 0.717) is 5.75 Å². The number of allylic oxidation sites excluding steroid dienone is 1. The van der Waals surface area contributed by atoms with Crippen molar-refractivity contribution in [3.05, 3.63) is 36.4 Å². The van der Waals surface area contributed by atoms with Crippen LogP contribution < -0.4 is 4.74 Å². The van der Waals surface area contributed by atoms with Crippen molar-refractivity contribution >= 4 is 5.57 Å². The van der Waals surface area contributed by atoms with E-state index in [1.807, 2.05) is 0 Å². The molecule has 0 N–H and O–H groups in total. The highest BCUT2D eigenvalue weighted by Gasteiger charge is 2.32. The molecule has 1 nitrogen and oxygen atoms in total. The van der Waals surface area contributed by atoms with Gasteiger partial charge in [0, 0.05) is 0 Å². The molecule has 0 unspecified atom stereocenters. The van der Waals surface area contributed by atoms with Crippen molar-refractivity contribution in [1.29, 1.82) is 0 Å². The van der Waals surface area contributed by atoms with Crippen LogP contribution in [-0.4, -0.2) is 13.3 Å². The molecule has 0 atom stereocenters. The van der Waals surface area contributed by atoms with Gasteiger partial charge in [-0.25, -0.2) is 0 Å². The van der Waals surface area contributed by atoms with Crippen molar-refractivity contribution in [3.8, 4) is 5.75 Å². The second-order valence-electron chi connectivity index (χ2n) is 2.70. The Hall–Kier alpha value is -1.45. The number of hydrogen-bond acceptors (Lipinski definition) is 1. The minimum absolute atomic E-state index is 0.0540. The van der Waals surface area contributed by atoms with E-state index >= 15 is 0 Å². The van der Waals surface area contributed by atoms with Crippen LogP contribution in [0.5, 0.6) is 5.75 Å². The van der Waals surface area contributed by atoms with E-state index < -0.39 is 11.7 Å². The third-order valence-electron chi connectivity index (χ3n) is 1.78. The first-order chi connectivity index (χ1) is 6.45. The fourth-order valence-corrected chi connectivity index (χ4v) is 0.956. The van der Waals surface area contributed by atoms with Gasteiger partial charge >= 0.3 is 6.18 Å². The number of hydrogen-bond donors (Lipinski definition) is 0. The van der Waals surface area contributed by atoms with Gasteiger partial charge in [-0.15, -0.1) is 0 Å².